The number of halogens is 10. The Labute approximate surface area is 181 Å². The summed E-state index contributed by atoms with van der Waals surface area (Å²) >= 11 is 0. The molecule has 0 nitrogen and oxygen atoms in total. The van der Waals surface area contributed by atoms with Gasteiger partial charge in [-0.15, -0.1) is 0 Å². The maximum atomic E-state index is 14.8. The highest BCUT2D eigenvalue weighted by molar-refractivity contribution is 6.91. The average molecular weight is 473 g/mol. The van der Waals surface area contributed by atoms with Gasteiger partial charge in [-0.1, -0.05) is 31.2 Å². The molecule has 4 rings (SSSR count). The molecule has 0 unspecified atom stereocenters. The van der Waals surface area contributed by atoms with Gasteiger partial charge in [-0.3, -0.25) is 0 Å². The molecule has 2 aromatic rings. The number of hydrogen-bond donors (Lipinski definition) is 0. The molecule has 169 valence electrons. The lowest BCUT2D eigenvalue weighted by Gasteiger charge is -2.30. The fraction of sp³-hybridized carbons (Fsp3) is 0.0455. The zero-order valence-corrected chi connectivity index (χ0v) is 16.2. The van der Waals surface area contributed by atoms with E-state index in [1.54, 1.807) is 0 Å². The van der Waals surface area contributed by atoms with Crippen LogP contribution in [0.4, 0.5) is 43.9 Å². The van der Waals surface area contributed by atoms with Crippen molar-refractivity contribution in [2.24, 2.45) is 0 Å². The molecule has 0 N–H and O–H groups in total. The number of hydrogen-bond acceptors (Lipinski definition) is 0. The molecule has 0 amide bonds. The van der Waals surface area contributed by atoms with E-state index in [1.807, 2.05) is 0 Å². The van der Waals surface area contributed by atoms with E-state index in [9.17, 15) is 43.9 Å². The molecule has 0 atom stereocenters. The Morgan fingerprint density at radius 2 is 0.879 bits per heavy atom. The van der Waals surface area contributed by atoms with Crippen LogP contribution in [0.25, 0.3) is 0 Å². The third kappa shape index (κ3) is 3.38. The van der Waals surface area contributed by atoms with Crippen molar-refractivity contribution in [2.75, 3.05) is 0 Å². The number of allylic oxidation sites excluding steroid dienone is 4. The van der Waals surface area contributed by atoms with Crippen molar-refractivity contribution in [3.05, 3.63) is 112 Å². The zero-order valence-electron chi connectivity index (χ0n) is 16.2. The van der Waals surface area contributed by atoms with Gasteiger partial charge in [-0.25, -0.2) is 43.9 Å². The van der Waals surface area contributed by atoms with Crippen molar-refractivity contribution in [3.8, 4) is 0 Å². The first kappa shape index (κ1) is 23.4. The summed E-state index contributed by atoms with van der Waals surface area (Å²) in [6.07, 6.45) is 7.08. The van der Waals surface area contributed by atoms with Gasteiger partial charge in [0.15, 0.2) is 58.2 Å². The van der Waals surface area contributed by atoms with Crippen LogP contribution in [0.5, 0.6) is 0 Å². The van der Waals surface area contributed by atoms with E-state index in [-0.39, 0.29) is 11.8 Å². The van der Waals surface area contributed by atoms with Gasteiger partial charge < -0.3 is 0 Å². The summed E-state index contributed by atoms with van der Waals surface area (Å²) in [7, 11) is 0. The van der Waals surface area contributed by atoms with Crippen LogP contribution in [0.1, 0.15) is 6.92 Å². The molecule has 0 bridgehead atoms. The average Bonchev–Trinajstić information content (AvgIpc) is 3.13. The Balaban J connectivity index is 2.10. The molecule has 2 aliphatic rings. The van der Waals surface area contributed by atoms with E-state index < -0.39 is 81.6 Å². The summed E-state index contributed by atoms with van der Waals surface area (Å²) in [5.41, 5.74) is -3.51. The molecule has 0 saturated heterocycles. The van der Waals surface area contributed by atoms with E-state index in [2.05, 4.69) is 0 Å². The van der Waals surface area contributed by atoms with Crippen LogP contribution in [0, 0.1) is 88.2 Å². The number of rotatable bonds is 3. The Kier molecular flexibility index (Phi) is 5.86. The van der Waals surface area contributed by atoms with Crippen LogP contribution in [0.3, 0.4) is 0 Å². The first-order valence-electron chi connectivity index (χ1n) is 9.16. The standard InChI is InChI=1S/C22H8BF10/c1-7-6-8-4-2-3-5-9(8)10(7)23(11-13(24)17(28)21(32)18(29)14(11)25)12-15(26)19(30)22(33)20(31)16(12)27/h2-6H,1H3. The maximum absolute atomic E-state index is 14.8. The minimum atomic E-state index is -2.57. The molecule has 5 radical (unpaired) electrons. The zero-order chi connectivity index (χ0) is 24.4. The van der Waals surface area contributed by atoms with Crippen LogP contribution in [0.2, 0.25) is 0 Å². The Morgan fingerprint density at radius 1 is 0.515 bits per heavy atom. The third-order valence-electron chi connectivity index (χ3n) is 5.40. The van der Waals surface area contributed by atoms with Gasteiger partial charge in [-0.05, 0) is 18.2 Å². The molecule has 1 fully saturated rings. The first-order valence-corrected chi connectivity index (χ1v) is 9.16. The largest absolute Gasteiger partial charge is 0.232 e. The molecule has 0 heterocycles. The summed E-state index contributed by atoms with van der Waals surface area (Å²) in [5, 5.41) is 0. The normalized spacial score (nSPS) is 17.3. The minimum absolute atomic E-state index is 0.0490. The summed E-state index contributed by atoms with van der Waals surface area (Å²) < 4.78 is 142. The highest BCUT2D eigenvalue weighted by Gasteiger charge is 2.52. The van der Waals surface area contributed by atoms with Crippen LogP contribution >= 0.6 is 0 Å². The lowest BCUT2D eigenvalue weighted by molar-refractivity contribution is 0.382. The van der Waals surface area contributed by atoms with Crippen LogP contribution < -0.4 is 10.9 Å². The molecular formula is C22H8BF10. The third-order valence-corrected chi connectivity index (χ3v) is 5.40. The van der Waals surface area contributed by atoms with Crippen molar-refractivity contribution in [1.82, 2.24) is 0 Å². The monoisotopic (exact) mass is 473 g/mol. The molecule has 1 saturated carbocycles. The van der Waals surface area contributed by atoms with E-state index in [4.69, 9.17) is 0 Å². The van der Waals surface area contributed by atoms with Crippen LogP contribution in [0.15, 0.2) is 24.3 Å². The fourth-order valence-electron chi connectivity index (χ4n) is 3.96. The van der Waals surface area contributed by atoms with Gasteiger partial charge in [0.2, 0.25) is 6.71 Å². The van der Waals surface area contributed by atoms with Gasteiger partial charge >= 0.3 is 0 Å². The van der Waals surface area contributed by atoms with Crippen molar-refractivity contribution in [1.29, 1.82) is 0 Å². The van der Waals surface area contributed by atoms with Crippen molar-refractivity contribution in [3.63, 3.8) is 0 Å². The summed E-state index contributed by atoms with van der Waals surface area (Å²) in [6, 6.07) is 0. The summed E-state index contributed by atoms with van der Waals surface area (Å²) in [4.78, 5) is 0. The van der Waals surface area contributed by atoms with E-state index in [1.165, 1.54) is 37.6 Å². The minimum Gasteiger partial charge on any atom is -0.204 e. The molecule has 0 spiro atoms. The molecule has 0 aliphatic heterocycles. The maximum Gasteiger partial charge on any atom is 0.232 e. The van der Waals surface area contributed by atoms with Crippen molar-refractivity contribution < 1.29 is 43.9 Å². The molecule has 11 heteroatoms. The smallest absolute Gasteiger partial charge is 0.204 e. The molecule has 33 heavy (non-hydrogen) atoms. The molecule has 0 aromatic heterocycles. The number of benzene rings is 2. The predicted octanol–water partition coefficient (Wildman–Crippen LogP) is 4.89. The van der Waals surface area contributed by atoms with Crippen molar-refractivity contribution in [2.45, 2.75) is 6.92 Å². The summed E-state index contributed by atoms with van der Waals surface area (Å²) in [6.45, 7) is -1.28. The van der Waals surface area contributed by atoms with Gasteiger partial charge in [0, 0.05) is 22.8 Å². The molecule has 2 aromatic carbocycles. The van der Waals surface area contributed by atoms with Gasteiger partial charge in [-0.2, -0.15) is 0 Å². The lowest BCUT2D eigenvalue weighted by atomic mass is 9.30. The highest BCUT2D eigenvalue weighted by Crippen LogP contribution is 2.50. The van der Waals surface area contributed by atoms with Crippen LogP contribution in [-0.2, 0) is 0 Å². The Bertz CT molecular complexity index is 1080. The highest BCUT2D eigenvalue weighted by atomic mass is 19.2. The first-order chi connectivity index (χ1) is 15.5. The second-order valence-corrected chi connectivity index (χ2v) is 7.23. The van der Waals surface area contributed by atoms with E-state index in [0.29, 0.717) is 5.92 Å². The van der Waals surface area contributed by atoms with E-state index in [0.717, 1.165) is 0 Å². The van der Waals surface area contributed by atoms with Gasteiger partial charge in [0.25, 0.3) is 0 Å². The van der Waals surface area contributed by atoms with Crippen LogP contribution in [-0.4, -0.2) is 6.71 Å². The fourth-order valence-corrected chi connectivity index (χ4v) is 3.96. The second kappa shape index (κ2) is 8.25. The topological polar surface area (TPSA) is 0 Å². The number of fused-ring (bicyclic) bond motifs is 1. The Hall–Kier alpha value is -2.72. The lowest BCUT2D eigenvalue weighted by Crippen LogP contribution is -2.56. The van der Waals surface area contributed by atoms with Crippen molar-refractivity contribution >= 4 is 17.6 Å². The SMILES string of the molecule is C[C]1[CH][C]2C=CC=C[C]2[C]1B(c1c(F)c(F)c(F)c(F)c1F)c1c(F)c(F)c(F)c(F)c1F. The van der Waals surface area contributed by atoms with Gasteiger partial charge in [0.1, 0.15) is 0 Å². The predicted molar refractivity (Wildman–Crippen MR) is 98.7 cm³/mol. The summed E-state index contributed by atoms with van der Waals surface area (Å²) in [5.74, 6) is -24.7. The molecular weight excluding hydrogens is 465 g/mol. The second-order valence-electron chi connectivity index (χ2n) is 7.23. The Morgan fingerprint density at radius 3 is 1.30 bits per heavy atom. The molecule has 2 aliphatic carbocycles. The quantitative estimate of drug-likeness (QED) is 0.258. The van der Waals surface area contributed by atoms with E-state index >= 15 is 0 Å². The van der Waals surface area contributed by atoms with Gasteiger partial charge in [0.05, 0.1) is 0 Å².